The number of methoxy groups -OCH3 is 1. The number of Topliss-reactive ketones (excluding diaryl/α,β-unsaturated/α-hetero) is 1. The highest BCUT2D eigenvalue weighted by Crippen LogP contribution is 2.19. The molecule has 0 atom stereocenters. The molecule has 0 radical (unpaired) electrons. The quantitative estimate of drug-likeness (QED) is 0.281. The van der Waals surface area contributed by atoms with Gasteiger partial charge in [0.15, 0.2) is 0 Å². The predicted octanol–water partition coefficient (Wildman–Crippen LogP) is 3.87. The molecule has 102 valence electrons. The van der Waals surface area contributed by atoms with E-state index in [0.717, 1.165) is 5.75 Å². The van der Waals surface area contributed by atoms with Crippen molar-refractivity contribution in [2.45, 2.75) is 0 Å². The van der Waals surface area contributed by atoms with Crippen LogP contribution in [0.15, 0.2) is 53.6 Å². The third-order valence-corrected chi connectivity index (χ3v) is 2.71. The fourth-order valence-electron chi connectivity index (χ4n) is 1.67. The summed E-state index contributed by atoms with van der Waals surface area (Å²) in [5.74, 6) is 5.64. The van der Waals surface area contributed by atoms with Crippen LogP contribution >= 0.6 is 0 Å². The van der Waals surface area contributed by atoms with Gasteiger partial charge in [-0.25, -0.2) is 0 Å². The molecular weight excluding hydrogens is 266 g/mol. The molecule has 0 fully saturated rings. The molecule has 0 aliphatic carbocycles. The average molecular weight is 277 g/mol. The van der Waals surface area contributed by atoms with Crippen molar-refractivity contribution in [3.63, 3.8) is 0 Å². The molecule has 0 aliphatic rings. The number of nitrogens with zero attached hydrogens (tertiary/aromatic N) is 3. The summed E-state index contributed by atoms with van der Waals surface area (Å²) in [6.07, 6.45) is 0. The number of rotatable bonds is 3. The van der Waals surface area contributed by atoms with Gasteiger partial charge in [-0.2, -0.15) is 0 Å². The van der Waals surface area contributed by atoms with Crippen molar-refractivity contribution in [3.05, 3.63) is 70.1 Å². The van der Waals surface area contributed by atoms with E-state index in [1.165, 1.54) is 0 Å². The Bertz CT molecular complexity index is 764. The first-order valence-electron chi connectivity index (χ1n) is 6.09. The van der Waals surface area contributed by atoms with Crippen LogP contribution < -0.4 is 4.74 Å². The molecule has 0 aromatic heterocycles. The van der Waals surface area contributed by atoms with Gasteiger partial charge in [-0.3, -0.25) is 4.79 Å². The smallest absolute Gasteiger partial charge is 0.236 e. The zero-order chi connectivity index (χ0) is 15.1. The van der Waals surface area contributed by atoms with Gasteiger partial charge >= 0.3 is 0 Å². The van der Waals surface area contributed by atoms with Crippen molar-refractivity contribution >= 4 is 11.5 Å². The van der Waals surface area contributed by atoms with Crippen LogP contribution in [0.25, 0.3) is 10.4 Å². The fraction of sp³-hybridized carbons (Fsp3) is 0.0625. The number of hydrogen-bond donors (Lipinski definition) is 0. The van der Waals surface area contributed by atoms with E-state index in [2.05, 4.69) is 21.9 Å². The molecule has 2 rings (SSSR count). The Morgan fingerprint density at radius 3 is 2.57 bits per heavy atom. The largest absolute Gasteiger partial charge is 0.497 e. The van der Waals surface area contributed by atoms with E-state index < -0.39 is 5.78 Å². The maximum Gasteiger partial charge on any atom is 0.236 e. The lowest BCUT2D eigenvalue weighted by Gasteiger charge is -1.99. The molecule has 0 saturated heterocycles. The molecule has 0 bridgehead atoms. The van der Waals surface area contributed by atoms with Crippen LogP contribution in [0.4, 0.5) is 5.69 Å². The van der Waals surface area contributed by atoms with Gasteiger partial charge in [0.1, 0.15) is 5.75 Å². The zero-order valence-electron chi connectivity index (χ0n) is 11.3. The molecule has 0 spiro atoms. The molecule has 0 aliphatic heterocycles. The van der Waals surface area contributed by atoms with Gasteiger partial charge < -0.3 is 4.74 Å². The topological polar surface area (TPSA) is 75.1 Å². The van der Waals surface area contributed by atoms with Crippen LogP contribution in [-0.4, -0.2) is 12.9 Å². The molecule has 2 aromatic rings. The molecule has 0 heterocycles. The molecule has 21 heavy (non-hydrogen) atoms. The number of ether oxygens (including phenoxy) is 1. The van der Waals surface area contributed by atoms with Gasteiger partial charge in [0, 0.05) is 21.7 Å². The third kappa shape index (κ3) is 3.63. The lowest BCUT2D eigenvalue weighted by atomic mass is 10.1. The Labute approximate surface area is 121 Å². The molecule has 0 saturated carbocycles. The molecule has 0 unspecified atom stereocenters. The number of hydrogen-bond acceptors (Lipinski definition) is 3. The first kappa shape index (κ1) is 14.2. The Morgan fingerprint density at radius 1 is 1.19 bits per heavy atom. The van der Waals surface area contributed by atoms with Gasteiger partial charge in [0.25, 0.3) is 0 Å². The van der Waals surface area contributed by atoms with Crippen molar-refractivity contribution in [1.82, 2.24) is 0 Å². The molecule has 5 nitrogen and oxygen atoms in total. The Hall–Kier alpha value is -3.22. The van der Waals surface area contributed by atoms with E-state index in [1.807, 2.05) is 0 Å². The van der Waals surface area contributed by atoms with Crippen LogP contribution in [0.5, 0.6) is 5.75 Å². The van der Waals surface area contributed by atoms with Crippen molar-refractivity contribution in [3.8, 4) is 17.6 Å². The SMILES string of the molecule is COc1ccc(C#CC(=O)c2ccccc2N=[N+]=[N-])cc1. The maximum atomic E-state index is 12.1. The van der Waals surface area contributed by atoms with E-state index in [1.54, 1.807) is 55.6 Å². The summed E-state index contributed by atoms with van der Waals surface area (Å²) in [6, 6.07) is 13.6. The van der Waals surface area contributed by atoms with Gasteiger partial charge in [0.05, 0.1) is 7.11 Å². The second-order valence-corrected chi connectivity index (χ2v) is 4.01. The highest BCUT2D eigenvalue weighted by Gasteiger charge is 2.06. The van der Waals surface area contributed by atoms with Crippen molar-refractivity contribution in [1.29, 1.82) is 0 Å². The second-order valence-electron chi connectivity index (χ2n) is 4.01. The number of benzene rings is 2. The van der Waals surface area contributed by atoms with Crippen LogP contribution in [0.3, 0.4) is 0 Å². The van der Waals surface area contributed by atoms with Gasteiger partial charge in [-0.05, 0) is 41.8 Å². The summed E-state index contributed by atoms with van der Waals surface area (Å²) in [6.45, 7) is 0. The molecular formula is C16H11N3O2. The lowest BCUT2D eigenvalue weighted by Crippen LogP contribution is -1.95. The standard InChI is InChI=1S/C16H11N3O2/c1-21-13-9-6-12(7-10-13)8-11-16(20)14-4-2-3-5-15(14)18-19-17/h2-7,9-10H,1H3. The van der Waals surface area contributed by atoms with Gasteiger partial charge in [0.2, 0.25) is 5.78 Å². The summed E-state index contributed by atoms with van der Waals surface area (Å²) in [5, 5.41) is 3.48. The summed E-state index contributed by atoms with van der Waals surface area (Å²) in [7, 11) is 1.58. The first-order chi connectivity index (χ1) is 10.2. The highest BCUT2D eigenvalue weighted by atomic mass is 16.5. The van der Waals surface area contributed by atoms with Crippen molar-refractivity contribution < 1.29 is 9.53 Å². The van der Waals surface area contributed by atoms with E-state index in [-0.39, 0.29) is 11.3 Å². The normalized spacial score (nSPS) is 9.00. The minimum absolute atomic E-state index is 0.272. The summed E-state index contributed by atoms with van der Waals surface area (Å²) >= 11 is 0. The molecule has 0 N–H and O–H groups in total. The maximum absolute atomic E-state index is 12.1. The van der Waals surface area contributed by atoms with Crippen LogP contribution in [0.2, 0.25) is 0 Å². The Kier molecular flexibility index (Phi) is 4.60. The summed E-state index contributed by atoms with van der Waals surface area (Å²) < 4.78 is 5.05. The van der Waals surface area contributed by atoms with E-state index in [4.69, 9.17) is 10.3 Å². The average Bonchev–Trinajstić information content (AvgIpc) is 2.54. The van der Waals surface area contributed by atoms with Crippen molar-refractivity contribution in [2.75, 3.05) is 7.11 Å². The van der Waals surface area contributed by atoms with E-state index >= 15 is 0 Å². The zero-order valence-corrected chi connectivity index (χ0v) is 11.3. The lowest BCUT2D eigenvalue weighted by molar-refractivity contribution is 0.105. The third-order valence-electron chi connectivity index (χ3n) is 2.71. The minimum atomic E-state index is -0.395. The van der Waals surface area contributed by atoms with Crippen LogP contribution in [-0.2, 0) is 0 Å². The molecule has 0 amide bonds. The number of ketones is 1. The Balaban J connectivity index is 2.26. The number of carbonyl (C=O) groups is 1. The second kappa shape index (κ2) is 6.80. The summed E-state index contributed by atoms with van der Waals surface area (Å²) in [5.41, 5.74) is 9.74. The first-order valence-corrected chi connectivity index (χ1v) is 6.09. The number of azide groups is 1. The fourth-order valence-corrected chi connectivity index (χ4v) is 1.67. The van der Waals surface area contributed by atoms with Gasteiger partial charge in [-0.15, -0.1) is 0 Å². The van der Waals surface area contributed by atoms with Crippen molar-refractivity contribution in [2.24, 2.45) is 5.11 Å². The molecule has 5 heteroatoms. The van der Waals surface area contributed by atoms with E-state index in [0.29, 0.717) is 5.56 Å². The molecule has 2 aromatic carbocycles. The van der Waals surface area contributed by atoms with Crippen LogP contribution in [0.1, 0.15) is 15.9 Å². The minimum Gasteiger partial charge on any atom is -0.497 e. The highest BCUT2D eigenvalue weighted by molar-refractivity contribution is 6.12. The monoisotopic (exact) mass is 277 g/mol. The van der Waals surface area contributed by atoms with Crippen LogP contribution in [0, 0.1) is 11.8 Å². The van der Waals surface area contributed by atoms with Gasteiger partial charge in [-0.1, -0.05) is 29.2 Å². The number of carbonyl (C=O) groups excluding carboxylic acids is 1. The van der Waals surface area contributed by atoms with E-state index in [9.17, 15) is 4.79 Å². The predicted molar refractivity (Wildman–Crippen MR) is 79.5 cm³/mol. The summed E-state index contributed by atoms with van der Waals surface area (Å²) in [4.78, 5) is 14.8. The Morgan fingerprint density at radius 2 is 1.90 bits per heavy atom.